The van der Waals surface area contributed by atoms with Crippen molar-refractivity contribution in [2.75, 3.05) is 32.6 Å². The number of imidazole rings is 1. The van der Waals surface area contributed by atoms with Gasteiger partial charge in [-0.25, -0.2) is 4.98 Å². The smallest absolute Gasteiger partial charge is 0.311 e. The van der Waals surface area contributed by atoms with Crippen LogP contribution in [-0.4, -0.2) is 64.0 Å². The van der Waals surface area contributed by atoms with Gasteiger partial charge in [-0.1, -0.05) is 12.1 Å². The summed E-state index contributed by atoms with van der Waals surface area (Å²) in [6.45, 7) is 1.73. The Morgan fingerprint density at radius 1 is 1.41 bits per heavy atom. The zero-order valence-corrected chi connectivity index (χ0v) is 16.1. The number of fused-ring (bicyclic) bond motifs is 2. The van der Waals surface area contributed by atoms with Crippen molar-refractivity contribution in [1.29, 1.82) is 0 Å². The lowest BCUT2D eigenvalue weighted by atomic mass is 9.74. The topological polar surface area (TPSA) is 84.7 Å². The van der Waals surface area contributed by atoms with Gasteiger partial charge in [-0.2, -0.15) is 11.8 Å². The number of para-hydroxylation sites is 2. The van der Waals surface area contributed by atoms with Gasteiger partial charge in [-0.15, -0.1) is 0 Å². The molecule has 0 radical (unpaired) electrons. The standard InChI is InChI=1S/C19H23N3O4S/c1-27-11-16-20-14-4-2-3-5-15(14)22(16)9-17(23)21-8-13-10-26-7-6-19(13,12-21)18(24)25/h2-5,13H,6-12H2,1H3,(H,24,25)/t13-,19+/m0/s1. The summed E-state index contributed by atoms with van der Waals surface area (Å²) in [5, 5.41) is 9.80. The van der Waals surface area contributed by atoms with E-state index in [9.17, 15) is 14.7 Å². The molecule has 4 rings (SSSR count). The monoisotopic (exact) mass is 389 g/mol. The highest BCUT2D eigenvalue weighted by atomic mass is 32.2. The summed E-state index contributed by atoms with van der Waals surface area (Å²) in [5.74, 6) is 0.568. The first-order chi connectivity index (χ1) is 13.0. The Morgan fingerprint density at radius 2 is 2.22 bits per heavy atom. The van der Waals surface area contributed by atoms with E-state index in [0.717, 1.165) is 22.6 Å². The van der Waals surface area contributed by atoms with Crippen LogP contribution in [0.15, 0.2) is 24.3 Å². The van der Waals surface area contributed by atoms with E-state index in [4.69, 9.17) is 4.74 Å². The molecule has 0 aliphatic carbocycles. The molecule has 0 saturated carbocycles. The van der Waals surface area contributed by atoms with Gasteiger partial charge < -0.3 is 19.3 Å². The van der Waals surface area contributed by atoms with E-state index in [1.165, 1.54) is 0 Å². The van der Waals surface area contributed by atoms with Crippen LogP contribution in [0.4, 0.5) is 0 Å². The van der Waals surface area contributed by atoms with Crippen LogP contribution in [0.3, 0.4) is 0 Å². The van der Waals surface area contributed by atoms with Crippen LogP contribution in [0.5, 0.6) is 0 Å². The Hall–Kier alpha value is -2.06. The molecule has 144 valence electrons. The number of carbonyl (C=O) groups excluding carboxylic acids is 1. The van der Waals surface area contributed by atoms with E-state index in [1.807, 2.05) is 35.1 Å². The maximum Gasteiger partial charge on any atom is 0.311 e. The van der Waals surface area contributed by atoms with Crippen molar-refractivity contribution in [3.63, 3.8) is 0 Å². The molecule has 2 saturated heterocycles. The first kappa shape index (κ1) is 18.3. The van der Waals surface area contributed by atoms with E-state index in [1.54, 1.807) is 16.7 Å². The minimum absolute atomic E-state index is 0.0597. The maximum atomic E-state index is 13.1. The average molecular weight is 389 g/mol. The Morgan fingerprint density at radius 3 is 2.96 bits per heavy atom. The van der Waals surface area contributed by atoms with Gasteiger partial charge in [0.25, 0.3) is 0 Å². The second-order valence-corrected chi connectivity index (χ2v) is 8.16. The molecule has 2 aliphatic rings. The number of likely N-dealkylation sites (tertiary alicyclic amines) is 1. The van der Waals surface area contributed by atoms with E-state index in [0.29, 0.717) is 26.2 Å². The Labute approximate surface area is 161 Å². The SMILES string of the molecule is CSCc1nc2ccccc2n1CC(=O)N1C[C@H]2COCC[C@@]2(C(=O)O)C1. The van der Waals surface area contributed by atoms with Gasteiger partial charge in [0.1, 0.15) is 12.4 Å². The molecule has 7 nitrogen and oxygen atoms in total. The number of ether oxygens (including phenoxy) is 1. The first-order valence-electron chi connectivity index (χ1n) is 9.07. The number of hydrogen-bond acceptors (Lipinski definition) is 5. The largest absolute Gasteiger partial charge is 0.481 e. The van der Waals surface area contributed by atoms with Gasteiger partial charge in [0.2, 0.25) is 5.91 Å². The van der Waals surface area contributed by atoms with Crippen molar-refractivity contribution < 1.29 is 19.4 Å². The van der Waals surface area contributed by atoms with Gasteiger partial charge in [0, 0.05) is 25.6 Å². The lowest BCUT2D eigenvalue weighted by Gasteiger charge is -2.33. The van der Waals surface area contributed by atoms with Crippen LogP contribution in [0.2, 0.25) is 0 Å². The van der Waals surface area contributed by atoms with Crippen LogP contribution < -0.4 is 0 Å². The van der Waals surface area contributed by atoms with E-state index >= 15 is 0 Å². The number of nitrogens with zero attached hydrogens (tertiary/aromatic N) is 3. The lowest BCUT2D eigenvalue weighted by Crippen LogP contribution is -2.45. The Kier molecular flexibility index (Phi) is 4.86. The van der Waals surface area contributed by atoms with Gasteiger partial charge in [-0.3, -0.25) is 9.59 Å². The second kappa shape index (κ2) is 7.16. The second-order valence-electron chi connectivity index (χ2n) is 7.29. The predicted octanol–water partition coefficient (Wildman–Crippen LogP) is 1.85. The Bertz CT molecular complexity index is 883. The third-order valence-corrected chi connectivity index (χ3v) is 6.33. The highest BCUT2D eigenvalue weighted by Gasteiger charge is 2.54. The van der Waals surface area contributed by atoms with Crippen LogP contribution in [0.25, 0.3) is 11.0 Å². The molecule has 0 spiro atoms. The highest BCUT2D eigenvalue weighted by Crippen LogP contribution is 2.42. The average Bonchev–Trinajstić information content (AvgIpc) is 3.22. The summed E-state index contributed by atoms with van der Waals surface area (Å²) in [4.78, 5) is 31.4. The molecule has 8 heteroatoms. The summed E-state index contributed by atoms with van der Waals surface area (Å²) >= 11 is 1.66. The van der Waals surface area contributed by atoms with E-state index in [2.05, 4.69) is 4.98 Å². The quantitative estimate of drug-likeness (QED) is 0.840. The normalized spacial score (nSPS) is 24.9. The van der Waals surface area contributed by atoms with Crippen LogP contribution in [-0.2, 0) is 26.6 Å². The molecule has 1 N–H and O–H groups in total. The minimum Gasteiger partial charge on any atom is -0.481 e. The summed E-state index contributed by atoms with van der Waals surface area (Å²) in [5.41, 5.74) is 0.940. The molecule has 1 aromatic heterocycles. The van der Waals surface area contributed by atoms with Crippen LogP contribution in [0.1, 0.15) is 12.2 Å². The zero-order chi connectivity index (χ0) is 19.0. The number of carboxylic acid groups (broad SMARTS) is 1. The summed E-state index contributed by atoms with van der Waals surface area (Å²) in [6, 6.07) is 7.79. The van der Waals surface area contributed by atoms with Gasteiger partial charge in [0.05, 0.1) is 28.8 Å². The third-order valence-electron chi connectivity index (χ3n) is 5.79. The summed E-state index contributed by atoms with van der Waals surface area (Å²) < 4.78 is 7.44. The molecule has 2 fully saturated rings. The lowest BCUT2D eigenvalue weighted by molar-refractivity contribution is -0.157. The maximum absolute atomic E-state index is 13.1. The zero-order valence-electron chi connectivity index (χ0n) is 15.3. The number of aliphatic carboxylic acids is 1. The van der Waals surface area contributed by atoms with Crippen molar-refractivity contribution in [3.8, 4) is 0 Å². The van der Waals surface area contributed by atoms with Gasteiger partial charge in [-0.05, 0) is 24.8 Å². The molecule has 1 aromatic carbocycles. The molecule has 3 heterocycles. The predicted molar refractivity (Wildman–Crippen MR) is 103 cm³/mol. The van der Waals surface area contributed by atoms with Crippen molar-refractivity contribution in [3.05, 3.63) is 30.1 Å². The molecule has 0 unspecified atom stereocenters. The van der Waals surface area contributed by atoms with Crippen molar-refractivity contribution >= 4 is 34.7 Å². The fourth-order valence-corrected chi connectivity index (χ4v) is 4.74. The van der Waals surface area contributed by atoms with Crippen LogP contribution in [0, 0.1) is 11.3 Å². The number of carboxylic acids is 1. The third kappa shape index (κ3) is 3.10. The number of rotatable bonds is 5. The summed E-state index contributed by atoms with van der Waals surface area (Å²) in [6.07, 6.45) is 2.47. The van der Waals surface area contributed by atoms with E-state index in [-0.39, 0.29) is 24.9 Å². The van der Waals surface area contributed by atoms with Crippen molar-refractivity contribution in [1.82, 2.24) is 14.5 Å². The molecule has 2 aliphatic heterocycles. The number of carbonyl (C=O) groups is 2. The molecule has 1 amide bonds. The number of aromatic nitrogens is 2. The molecular formula is C19H23N3O4S. The molecule has 2 aromatic rings. The fourth-order valence-electron chi connectivity index (χ4n) is 4.27. The molecule has 0 bridgehead atoms. The molecular weight excluding hydrogens is 366 g/mol. The van der Waals surface area contributed by atoms with Crippen molar-refractivity contribution in [2.24, 2.45) is 11.3 Å². The summed E-state index contributed by atoms with van der Waals surface area (Å²) in [7, 11) is 0. The number of benzene rings is 1. The van der Waals surface area contributed by atoms with Gasteiger partial charge >= 0.3 is 5.97 Å². The fraction of sp³-hybridized carbons (Fsp3) is 0.526. The number of amides is 1. The molecule has 27 heavy (non-hydrogen) atoms. The Balaban J connectivity index is 1.59. The molecule has 2 atom stereocenters. The first-order valence-corrected chi connectivity index (χ1v) is 10.5. The minimum atomic E-state index is -0.868. The number of thioether (sulfide) groups is 1. The highest BCUT2D eigenvalue weighted by molar-refractivity contribution is 7.97. The van der Waals surface area contributed by atoms with E-state index < -0.39 is 11.4 Å². The van der Waals surface area contributed by atoms with Gasteiger partial charge in [0.15, 0.2) is 0 Å². The van der Waals surface area contributed by atoms with Crippen molar-refractivity contribution in [2.45, 2.75) is 18.7 Å². The number of hydrogen-bond donors (Lipinski definition) is 1. The van der Waals surface area contributed by atoms with Crippen LogP contribution >= 0.6 is 11.8 Å².